The maximum atomic E-state index is 13.0. The van der Waals surface area contributed by atoms with E-state index in [4.69, 9.17) is 14.2 Å². The van der Waals surface area contributed by atoms with Crippen LogP contribution in [0.1, 0.15) is 43.6 Å². The molecule has 0 aromatic heterocycles. The number of likely N-dealkylation sites (N-methyl/N-ethyl adjacent to an activating group) is 1. The molecule has 3 aliphatic rings. The summed E-state index contributed by atoms with van der Waals surface area (Å²) in [5, 5.41) is -0.241. The predicted octanol–water partition coefficient (Wildman–Crippen LogP) is 3.56. The van der Waals surface area contributed by atoms with Gasteiger partial charge in [-0.3, -0.25) is 4.79 Å². The topological polar surface area (TPSA) is 85.4 Å². The highest BCUT2D eigenvalue weighted by Gasteiger charge is 2.38. The molecule has 1 amide bonds. The molecule has 2 aromatic rings. The first kappa shape index (κ1) is 23.9. The minimum atomic E-state index is -3.23. The van der Waals surface area contributed by atoms with E-state index >= 15 is 0 Å². The van der Waals surface area contributed by atoms with Gasteiger partial charge in [0, 0.05) is 38.3 Å². The van der Waals surface area contributed by atoms with Crippen LogP contribution in [0.2, 0.25) is 0 Å². The van der Waals surface area contributed by atoms with Gasteiger partial charge in [0.15, 0.2) is 17.6 Å². The summed E-state index contributed by atoms with van der Waals surface area (Å²) in [4.78, 5) is 14.7. The largest absolute Gasteiger partial charge is 0.493 e. The van der Waals surface area contributed by atoms with E-state index in [9.17, 15) is 13.2 Å². The van der Waals surface area contributed by atoms with E-state index in [1.807, 2.05) is 18.2 Å². The Labute approximate surface area is 206 Å². The zero-order valence-electron chi connectivity index (χ0n) is 20.2. The van der Waals surface area contributed by atoms with Gasteiger partial charge in [-0.15, -0.1) is 0 Å². The minimum absolute atomic E-state index is 0.0844. The van der Waals surface area contributed by atoms with Crippen LogP contribution in [0.15, 0.2) is 42.5 Å². The number of hydrogen-bond donors (Lipinski definition) is 0. The fourth-order valence-electron chi connectivity index (χ4n) is 4.39. The molecule has 3 fully saturated rings. The Bertz CT molecular complexity index is 1170. The molecular weight excluding hydrogens is 468 g/mol. The van der Waals surface area contributed by atoms with Gasteiger partial charge in [-0.1, -0.05) is 12.1 Å². The fraction of sp³-hybridized carbons (Fsp3) is 0.500. The van der Waals surface area contributed by atoms with Crippen molar-refractivity contribution in [2.75, 3.05) is 38.8 Å². The van der Waals surface area contributed by atoms with Gasteiger partial charge in [0.1, 0.15) is 12.4 Å². The number of sulfonamides is 1. The van der Waals surface area contributed by atoms with Crippen molar-refractivity contribution in [1.82, 2.24) is 4.31 Å². The molecule has 2 saturated carbocycles. The zero-order chi connectivity index (χ0) is 24.6. The quantitative estimate of drug-likeness (QED) is 0.469. The lowest BCUT2D eigenvalue weighted by Crippen LogP contribution is -2.33. The van der Waals surface area contributed by atoms with Gasteiger partial charge in [-0.05, 0) is 61.4 Å². The van der Waals surface area contributed by atoms with Crippen LogP contribution in [-0.4, -0.2) is 63.8 Å². The van der Waals surface area contributed by atoms with Crippen molar-refractivity contribution in [3.8, 4) is 17.2 Å². The van der Waals surface area contributed by atoms with Gasteiger partial charge in [0.25, 0.3) is 5.91 Å². The molecule has 8 nitrogen and oxygen atoms in total. The number of benzene rings is 2. The Kier molecular flexibility index (Phi) is 6.63. The lowest BCUT2D eigenvalue weighted by atomic mass is 10.1. The lowest BCUT2D eigenvalue weighted by molar-refractivity contribution is -0.122. The highest BCUT2D eigenvalue weighted by atomic mass is 32.2. The average Bonchev–Trinajstić information content (AvgIpc) is 3.77. The second kappa shape index (κ2) is 9.70. The molecule has 35 heavy (non-hydrogen) atoms. The van der Waals surface area contributed by atoms with E-state index in [1.165, 1.54) is 22.7 Å². The molecule has 0 spiro atoms. The van der Waals surface area contributed by atoms with Crippen LogP contribution >= 0.6 is 0 Å². The van der Waals surface area contributed by atoms with Crippen molar-refractivity contribution in [2.24, 2.45) is 0 Å². The van der Waals surface area contributed by atoms with E-state index in [-0.39, 0.29) is 24.3 Å². The Morgan fingerprint density at radius 1 is 1.00 bits per heavy atom. The number of carbonyl (C=O) groups is 1. The SMILES string of the molecule is COc1cc(N2CC[C@H](Oc3ccc(C4CC4)cc3)C2=O)ccc1OCCN(C)S(=O)(=O)C1CC1. The van der Waals surface area contributed by atoms with Crippen molar-refractivity contribution >= 4 is 21.6 Å². The highest BCUT2D eigenvalue weighted by molar-refractivity contribution is 7.90. The number of methoxy groups -OCH3 is 1. The van der Waals surface area contributed by atoms with Gasteiger partial charge in [0.05, 0.1) is 12.4 Å². The molecule has 0 N–H and O–H groups in total. The van der Waals surface area contributed by atoms with Gasteiger partial charge >= 0.3 is 0 Å². The van der Waals surface area contributed by atoms with Crippen LogP contribution in [0.5, 0.6) is 17.2 Å². The average molecular weight is 501 g/mol. The van der Waals surface area contributed by atoms with Crippen LogP contribution in [0.3, 0.4) is 0 Å². The molecule has 1 aliphatic heterocycles. The van der Waals surface area contributed by atoms with Crippen LogP contribution < -0.4 is 19.1 Å². The van der Waals surface area contributed by atoms with Gasteiger partial charge in [-0.2, -0.15) is 0 Å². The third-order valence-corrected chi connectivity index (χ3v) is 9.23. The zero-order valence-corrected chi connectivity index (χ0v) is 21.0. The van der Waals surface area contributed by atoms with Crippen LogP contribution in [0.25, 0.3) is 0 Å². The molecule has 188 valence electrons. The molecule has 0 unspecified atom stereocenters. The monoisotopic (exact) mass is 500 g/mol. The fourth-order valence-corrected chi connectivity index (χ4v) is 5.96. The number of hydrogen-bond acceptors (Lipinski definition) is 6. The van der Waals surface area contributed by atoms with Crippen molar-refractivity contribution in [3.05, 3.63) is 48.0 Å². The molecule has 1 heterocycles. The molecule has 2 aliphatic carbocycles. The third-order valence-electron chi connectivity index (χ3n) is 6.87. The van der Waals surface area contributed by atoms with Gasteiger partial charge in [0.2, 0.25) is 10.0 Å². The van der Waals surface area contributed by atoms with E-state index in [0.717, 1.165) is 12.8 Å². The first-order valence-electron chi connectivity index (χ1n) is 12.2. The normalized spacial score (nSPS) is 20.4. The third kappa shape index (κ3) is 5.26. The van der Waals surface area contributed by atoms with Crippen LogP contribution in [0, 0.1) is 0 Å². The molecule has 9 heteroatoms. The summed E-state index contributed by atoms with van der Waals surface area (Å²) in [6, 6.07) is 13.4. The molecule has 0 radical (unpaired) electrons. The Balaban J connectivity index is 1.18. The van der Waals surface area contributed by atoms with E-state index in [0.29, 0.717) is 41.8 Å². The van der Waals surface area contributed by atoms with Gasteiger partial charge < -0.3 is 19.1 Å². The molecule has 1 saturated heterocycles. The standard InChI is InChI=1S/C26H32N2O6S/c1-27(35(30,31)22-10-11-22)15-16-33-23-12-7-20(17-25(23)32-2)28-14-13-24(26(28)29)34-21-8-5-19(6-9-21)18-3-4-18/h5-9,12,17-18,22,24H,3-4,10-11,13-16H2,1-2H3/t24-/m0/s1. The number of nitrogens with zero attached hydrogens (tertiary/aromatic N) is 2. The summed E-state index contributed by atoms with van der Waals surface area (Å²) >= 11 is 0. The summed E-state index contributed by atoms with van der Waals surface area (Å²) in [6.07, 6.45) is 4.05. The number of anilines is 1. The second-order valence-corrected chi connectivity index (χ2v) is 11.8. The van der Waals surface area contributed by atoms with E-state index < -0.39 is 16.1 Å². The van der Waals surface area contributed by atoms with Crippen molar-refractivity contribution in [1.29, 1.82) is 0 Å². The van der Waals surface area contributed by atoms with E-state index in [2.05, 4.69) is 12.1 Å². The molecule has 1 atom stereocenters. The Morgan fingerprint density at radius 3 is 2.40 bits per heavy atom. The highest BCUT2D eigenvalue weighted by Crippen LogP contribution is 2.40. The van der Waals surface area contributed by atoms with Crippen molar-refractivity contribution < 1.29 is 27.4 Å². The molecule has 5 rings (SSSR count). The maximum Gasteiger partial charge on any atom is 0.268 e. The second-order valence-electron chi connectivity index (χ2n) is 9.48. The predicted molar refractivity (Wildman–Crippen MR) is 133 cm³/mol. The Hall–Kier alpha value is -2.78. The van der Waals surface area contributed by atoms with Crippen LogP contribution in [-0.2, 0) is 14.8 Å². The van der Waals surface area contributed by atoms with E-state index in [1.54, 1.807) is 31.2 Å². The maximum absolute atomic E-state index is 13.0. The smallest absolute Gasteiger partial charge is 0.268 e. The van der Waals surface area contributed by atoms with Gasteiger partial charge in [-0.25, -0.2) is 12.7 Å². The summed E-state index contributed by atoms with van der Waals surface area (Å²) < 4.78 is 43.2. The number of amides is 1. The summed E-state index contributed by atoms with van der Waals surface area (Å²) in [6.45, 7) is 1.02. The number of rotatable bonds is 11. The molecule has 0 bridgehead atoms. The number of carbonyl (C=O) groups excluding carboxylic acids is 1. The number of ether oxygens (including phenoxy) is 3. The van der Waals surface area contributed by atoms with Crippen molar-refractivity contribution in [3.63, 3.8) is 0 Å². The molecule has 2 aromatic carbocycles. The van der Waals surface area contributed by atoms with Crippen molar-refractivity contribution in [2.45, 2.75) is 49.4 Å². The summed E-state index contributed by atoms with van der Waals surface area (Å²) in [5.74, 6) is 2.31. The van der Waals surface area contributed by atoms with Crippen LogP contribution in [0.4, 0.5) is 5.69 Å². The summed E-state index contributed by atoms with van der Waals surface area (Å²) in [5.41, 5.74) is 2.05. The minimum Gasteiger partial charge on any atom is -0.493 e. The first-order chi connectivity index (χ1) is 16.9. The first-order valence-corrected chi connectivity index (χ1v) is 13.7. The Morgan fingerprint density at radius 2 is 1.74 bits per heavy atom. The molecular formula is C26H32N2O6S. The lowest BCUT2D eigenvalue weighted by Gasteiger charge is -2.20. The summed E-state index contributed by atoms with van der Waals surface area (Å²) in [7, 11) is -0.105.